The number of hydrogen-bond donors (Lipinski definition) is 2. The van der Waals surface area contributed by atoms with E-state index in [-0.39, 0.29) is 17.9 Å². The molecule has 0 atom stereocenters. The molecule has 1 amide bonds. The smallest absolute Gasteiger partial charge is 0.251 e. The molecule has 0 aliphatic carbocycles. The summed E-state index contributed by atoms with van der Waals surface area (Å²) < 4.78 is 5.76. The number of fused-ring (bicyclic) bond motifs is 1. The third-order valence-electron chi connectivity index (χ3n) is 4.80. The molecule has 6 heteroatoms. The molecule has 0 fully saturated rings. The van der Waals surface area contributed by atoms with Crippen LogP contribution in [-0.2, 0) is 11.2 Å². The largest absolute Gasteiger partial charge is 0.441 e. The molecule has 4 rings (SSSR count). The summed E-state index contributed by atoms with van der Waals surface area (Å²) in [4.78, 5) is 31.7. The Morgan fingerprint density at radius 3 is 2.72 bits per heavy atom. The van der Waals surface area contributed by atoms with Crippen LogP contribution in [0.3, 0.4) is 0 Å². The molecule has 0 aliphatic heterocycles. The molecule has 2 aromatic heterocycles. The number of rotatable bonds is 4. The fraction of sp³-hybridized carbons (Fsp3) is 0.174. The van der Waals surface area contributed by atoms with Gasteiger partial charge in [-0.1, -0.05) is 23.8 Å². The number of amides is 1. The normalized spacial score (nSPS) is 11.0. The molecule has 0 unspecified atom stereocenters. The average molecular weight is 387 g/mol. The number of anilines is 1. The Hall–Kier alpha value is -3.67. The van der Waals surface area contributed by atoms with E-state index in [4.69, 9.17) is 4.42 Å². The van der Waals surface area contributed by atoms with Gasteiger partial charge in [-0.05, 0) is 56.5 Å². The lowest BCUT2D eigenvalue weighted by Crippen LogP contribution is -2.15. The van der Waals surface area contributed by atoms with Crippen LogP contribution in [0.25, 0.3) is 22.4 Å². The molecule has 2 N–H and O–H groups in total. The summed E-state index contributed by atoms with van der Waals surface area (Å²) in [5.74, 6) is 0.925. The van der Waals surface area contributed by atoms with Gasteiger partial charge in [0, 0.05) is 16.8 Å². The van der Waals surface area contributed by atoms with E-state index >= 15 is 0 Å². The minimum Gasteiger partial charge on any atom is -0.441 e. The van der Waals surface area contributed by atoms with Gasteiger partial charge in [0.15, 0.2) is 0 Å². The van der Waals surface area contributed by atoms with Gasteiger partial charge in [-0.2, -0.15) is 0 Å². The third-order valence-corrected chi connectivity index (χ3v) is 4.80. The first kappa shape index (κ1) is 18.7. The number of hydrogen-bond acceptors (Lipinski definition) is 4. The van der Waals surface area contributed by atoms with E-state index in [1.807, 2.05) is 49.4 Å². The Bertz CT molecular complexity index is 1280. The second-order valence-corrected chi connectivity index (χ2v) is 7.20. The van der Waals surface area contributed by atoms with Crippen LogP contribution in [-0.4, -0.2) is 15.9 Å². The number of carbonyl (C=O) groups excluding carboxylic acids is 1. The van der Waals surface area contributed by atoms with Crippen molar-refractivity contribution in [1.82, 2.24) is 9.97 Å². The number of aromatic amines is 1. The van der Waals surface area contributed by atoms with Crippen LogP contribution in [0, 0.1) is 20.8 Å². The molecule has 2 aromatic carbocycles. The van der Waals surface area contributed by atoms with Gasteiger partial charge in [0.1, 0.15) is 5.76 Å². The highest BCUT2D eigenvalue weighted by atomic mass is 16.4. The average Bonchev–Trinajstić information content (AvgIpc) is 3.03. The van der Waals surface area contributed by atoms with Crippen LogP contribution < -0.4 is 10.9 Å². The van der Waals surface area contributed by atoms with Crippen LogP contribution >= 0.6 is 0 Å². The van der Waals surface area contributed by atoms with E-state index in [9.17, 15) is 9.59 Å². The highest BCUT2D eigenvalue weighted by Gasteiger charge is 2.15. The number of H-pyrrole nitrogens is 1. The Morgan fingerprint density at radius 2 is 1.93 bits per heavy atom. The molecule has 0 saturated heterocycles. The Kier molecular flexibility index (Phi) is 4.76. The lowest BCUT2D eigenvalue weighted by molar-refractivity contribution is -0.115. The fourth-order valence-corrected chi connectivity index (χ4v) is 3.24. The molecule has 0 spiro atoms. The summed E-state index contributed by atoms with van der Waals surface area (Å²) in [6, 6.07) is 15.1. The van der Waals surface area contributed by atoms with Crippen molar-refractivity contribution in [2.45, 2.75) is 27.2 Å². The minimum absolute atomic E-state index is 0.101. The van der Waals surface area contributed by atoms with Crippen LogP contribution in [0.5, 0.6) is 0 Å². The molecule has 29 heavy (non-hydrogen) atoms. The number of pyridine rings is 1. The van der Waals surface area contributed by atoms with Crippen molar-refractivity contribution in [3.8, 4) is 11.5 Å². The van der Waals surface area contributed by atoms with Gasteiger partial charge in [-0.15, -0.1) is 0 Å². The number of benzene rings is 2. The number of nitrogens with one attached hydrogen (secondary N) is 2. The molecular weight excluding hydrogens is 366 g/mol. The molecular formula is C23H21N3O3. The first-order chi connectivity index (χ1) is 13.9. The fourth-order valence-electron chi connectivity index (χ4n) is 3.24. The third kappa shape index (κ3) is 3.96. The minimum atomic E-state index is -0.203. The van der Waals surface area contributed by atoms with E-state index in [2.05, 4.69) is 15.3 Å². The quantitative estimate of drug-likeness (QED) is 0.547. The van der Waals surface area contributed by atoms with Crippen molar-refractivity contribution in [1.29, 1.82) is 0 Å². The first-order valence-corrected chi connectivity index (χ1v) is 9.36. The monoisotopic (exact) mass is 387 g/mol. The number of carbonyl (C=O) groups is 1. The lowest BCUT2D eigenvalue weighted by atomic mass is 10.1. The summed E-state index contributed by atoms with van der Waals surface area (Å²) in [5.41, 5.74) is 4.41. The van der Waals surface area contributed by atoms with E-state index in [1.54, 1.807) is 19.9 Å². The Morgan fingerprint density at radius 1 is 1.10 bits per heavy atom. The van der Waals surface area contributed by atoms with E-state index in [1.165, 1.54) is 0 Å². The van der Waals surface area contributed by atoms with Crippen molar-refractivity contribution in [2.24, 2.45) is 0 Å². The van der Waals surface area contributed by atoms with Gasteiger partial charge in [-0.25, -0.2) is 4.98 Å². The Labute approximate surface area is 167 Å². The van der Waals surface area contributed by atoms with Crippen molar-refractivity contribution in [3.63, 3.8) is 0 Å². The Balaban J connectivity index is 1.52. The van der Waals surface area contributed by atoms with Gasteiger partial charge in [0.2, 0.25) is 11.8 Å². The summed E-state index contributed by atoms with van der Waals surface area (Å²) >= 11 is 0. The second kappa shape index (κ2) is 7.39. The van der Waals surface area contributed by atoms with Gasteiger partial charge in [0.05, 0.1) is 17.6 Å². The van der Waals surface area contributed by atoms with Gasteiger partial charge < -0.3 is 14.7 Å². The predicted molar refractivity (Wildman–Crippen MR) is 113 cm³/mol. The van der Waals surface area contributed by atoms with Gasteiger partial charge >= 0.3 is 0 Å². The molecule has 0 saturated carbocycles. The van der Waals surface area contributed by atoms with Crippen LogP contribution in [0.15, 0.2) is 57.7 Å². The first-order valence-electron chi connectivity index (χ1n) is 9.36. The summed E-state index contributed by atoms with van der Waals surface area (Å²) in [6.07, 6.45) is 0.101. The molecule has 0 aliphatic rings. The molecule has 6 nitrogen and oxygen atoms in total. The SMILES string of the molecule is Cc1cccc(-c2nc(CC(=O)Nc3ccc4cc(C)c(=O)[nH]c4c3)c(C)o2)c1. The van der Waals surface area contributed by atoms with Crippen LogP contribution in [0.4, 0.5) is 5.69 Å². The summed E-state index contributed by atoms with van der Waals surface area (Å²) in [5, 5.41) is 3.77. The molecule has 4 aromatic rings. The summed E-state index contributed by atoms with van der Waals surface area (Å²) in [7, 11) is 0. The standard InChI is InChI=1S/C23H21N3O3/c1-13-5-4-6-17(9-13)23-26-19(15(3)29-23)12-21(27)24-18-8-7-16-10-14(2)22(28)25-20(16)11-18/h4-11H,12H2,1-3H3,(H,24,27)(H,25,28). The highest BCUT2D eigenvalue weighted by Crippen LogP contribution is 2.23. The predicted octanol–water partition coefficient (Wildman–Crippen LogP) is 4.29. The maximum atomic E-state index is 12.5. The number of oxazole rings is 1. The van der Waals surface area contributed by atoms with Gasteiger partial charge in [0.25, 0.3) is 5.56 Å². The zero-order chi connectivity index (χ0) is 20.5. The summed E-state index contributed by atoms with van der Waals surface area (Å²) in [6.45, 7) is 5.57. The van der Waals surface area contributed by atoms with Crippen molar-refractivity contribution in [3.05, 3.63) is 81.5 Å². The molecule has 0 bridgehead atoms. The molecule has 2 heterocycles. The zero-order valence-electron chi connectivity index (χ0n) is 16.5. The van der Waals surface area contributed by atoms with Crippen LogP contribution in [0.2, 0.25) is 0 Å². The van der Waals surface area contributed by atoms with Crippen LogP contribution in [0.1, 0.15) is 22.6 Å². The molecule has 0 radical (unpaired) electrons. The van der Waals surface area contributed by atoms with Crippen molar-refractivity contribution >= 4 is 22.5 Å². The van der Waals surface area contributed by atoms with E-state index in [0.29, 0.717) is 34.1 Å². The lowest BCUT2D eigenvalue weighted by Gasteiger charge is -2.06. The number of aromatic nitrogens is 2. The zero-order valence-corrected chi connectivity index (χ0v) is 16.5. The molecule has 146 valence electrons. The number of nitrogens with zero attached hydrogens (tertiary/aromatic N) is 1. The van der Waals surface area contributed by atoms with E-state index < -0.39 is 0 Å². The van der Waals surface area contributed by atoms with Crippen molar-refractivity contribution < 1.29 is 9.21 Å². The second-order valence-electron chi connectivity index (χ2n) is 7.20. The number of aryl methyl sites for hydroxylation is 3. The van der Waals surface area contributed by atoms with Crippen molar-refractivity contribution in [2.75, 3.05) is 5.32 Å². The van der Waals surface area contributed by atoms with Gasteiger partial charge in [-0.3, -0.25) is 9.59 Å². The maximum Gasteiger partial charge on any atom is 0.251 e. The maximum absolute atomic E-state index is 12.5. The van der Waals surface area contributed by atoms with E-state index in [0.717, 1.165) is 16.5 Å². The highest BCUT2D eigenvalue weighted by molar-refractivity contribution is 5.94. The topological polar surface area (TPSA) is 88.0 Å².